The largest absolute Gasteiger partial charge is 0.296 e. The number of nitrogens with zero attached hydrogens (tertiary/aromatic N) is 3. The molecule has 1 aliphatic carbocycles. The molecule has 0 aliphatic heterocycles. The van der Waals surface area contributed by atoms with E-state index < -0.39 is 0 Å². The van der Waals surface area contributed by atoms with E-state index >= 15 is 0 Å². The number of aromatic nitrogens is 3. The third-order valence-corrected chi connectivity index (χ3v) is 4.81. The fraction of sp³-hybridized carbons (Fsp3) is 0.533. The van der Waals surface area contributed by atoms with Gasteiger partial charge in [-0.25, -0.2) is 4.98 Å². The fourth-order valence-electron chi connectivity index (χ4n) is 2.50. The molecule has 2 aromatic rings. The van der Waals surface area contributed by atoms with Gasteiger partial charge in [0.05, 0.1) is 5.69 Å². The molecule has 1 unspecified atom stereocenters. The van der Waals surface area contributed by atoms with Crippen molar-refractivity contribution in [2.75, 3.05) is 5.32 Å². The maximum atomic E-state index is 12.2. The van der Waals surface area contributed by atoms with Crippen molar-refractivity contribution in [2.45, 2.75) is 46.1 Å². The highest BCUT2D eigenvalue weighted by Gasteiger charge is 2.21. The third-order valence-electron chi connectivity index (χ3n) is 3.78. The number of nitrogens with one attached hydrogen (secondary N) is 1. The summed E-state index contributed by atoms with van der Waals surface area (Å²) < 4.78 is 1.78. The Hall–Kier alpha value is -1.69. The summed E-state index contributed by atoms with van der Waals surface area (Å²) in [5.41, 5.74) is 1.59. The van der Waals surface area contributed by atoms with E-state index in [1.165, 1.54) is 11.3 Å². The summed E-state index contributed by atoms with van der Waals surface area (Å²) in [6.45, 7) is 6.33. The van der Waals surface area contributed by atoms with E-state index in [9.17, 15) is 4.79 Å². The molecule has 1 atom stereocenters. The van der Waals surface area contributed by atoms with E-state index in [4.69, 9.17) is 0 Å². The number of anilines is 1. The summed E-state index contributed by atoms with van der Waals surface area (Å²) in [5, 5.41) is 7.85. The highest BCUT2D eigenvalue weighted by atomic mass is 32.1. The second-order valence-corrected chi connectivity index (χ2v) is 7.05. The van der Waals surface area contributed by atoms with E-state index in [-0.39, 0.29) is 11.9 Å². The Labute approximate surface area is 128 Å². The highest BCUT2D eigenvalue weighted by molar-refractivity contribution is 7.15. The van der Waals surface area contributed by atoms with Crippen LogP contribution < -0.4 is 5.32 Å². The van der Waals surface area contributed by atoms with Crippen LogP contribution in [0.1, 0.15) is 54.3 Å². The average molecular weight is 304 g/mol. The predicted octanol–water partition coefficient (Wildman–Crippen LogP) is 3.30. The Kier molecular flexibility index (Phi) is 3.80. The minimum Gasteiger partial charge on any atom is -0.296 e. The summed E-state index contributed by atoms with van der Waals surface area (Å²) in [7, 11) is 0. The second kappa shape index (κ2) is 5.60. The molecular formula is C15H20N4OS. The average Bonchev–Trinajstić information content (AvgIpc) is 3.03. The zero-order valence-corrected chi connectivity index (χ0v) is 13.4. The Morgan fingerprint density at radius 2 is 2.33 bits per heavy atom. The van der Waals surface area contributed by atoms with E-state index in [0.29, 0.717) is 16.7 Å². The molecule has 0 spiro atoms. The smallest absolute Gasteiger partial charge is 0.277 e. The number of fused-ring (bicyclic) bond motifs is 1. The SMILES string of the molecule is CC1CCc2nc(NC(=O)c3ccn(C(C)C)n3)sc2C1. The number of hydrogen-bond donors (Lipinski definition) is 1. The molecule has 3 rings (SSSR count). The first-order valence-corrected chi connectivity index (χ1v) is 8.19. The number of rotatable bonds is 3. The lowest BCUT2D eigenvalue weighted by molar-refractivity contribution is 0.102. The third kappa shape index (κ3) is 3.00. The van der Waals surface area contributed by atoms with Crippen LogP contribution in [0.4, 0.5) is 5.13 Å². The molecule has 2 aromatic heterocycles. The summed E-state index contributed by atoms with van der Waals surface area (Å²) in [4.78, 5) is 18.1. The van der Waals surface area contributed by atoms with Crippen LogP contribution in [0.3, 0.4) is 0 Å². The molecule has 0 radical (unpaired) electrons. The van der Waals surface area contributed by atoms with E-state index in [0.717, 1.165) is 18.5 Å². The van der Waals surface area contributed by atoms with Gasteiger partial charge in [0.1, 0.15) is 0 Å². The fourth-order valence-corrected chi connectivity index (χ4v) is 3.67. The maximum Gasteiger partial charge on any atom is 0.277 e. The number of amides is 1. The van der Waals surface area contributed by atoms with Crippen LogP contribution in [-0.2, 0) is 12.8 Å². The van der Waals surface area contributed by atoms with Crippen LogP contribution >= 0.6 is 11.3 Å². The number of carbonyl (C=O) groups is 1. The topological polar surface area (TPSA) is 59.8 Å². The number of aryl methyl sites for hydroxylation is 1. The van der Waals surface area contributed by atoms with Gasteiger partial charge in [-0.2, -0.15) is 5.10 Å². The molecular weight excluding hydrogens is 284 g/mol. The van der Waals surface area contributed by atoms with Crippen molar-refractivity contribution >= 4 is 22.4 Å². The van der Waals surface area contributed by atoms with Crippen LogP contribution in [-0.4, -0.2) is 20.7 Å². The van der Waals surface area contributed by atoms with Crippen molar-refractivity contribution in [3.63, 3.8) is 0 Å². The Morgan fingerprint density at radius 3 is 3.05 bits per heavy atom. The van der Waals surface area contributed by atoms with E-state index in [1.807, 2.05) is 20.0 Å². The number of thiazole rings is 1. The molecule has 2 heterocycles. The Bertz CT molecular complexity index is 658. The maximum absolute atomic E-state index is 12.2. The molecule has 0 saturated carbocycles. The molecule has 21 heavy (non-hydrogen) atoms. The zero-order chi connectivity index (χ0) is 15.0. The molecule has 5 nitrogen and oxygen atoms in total. The standard InChI is InChI=1S/C15H20N4OS/c1-9(2)19-7-6-12(18-19)14(20)17-15-16-11-5-4-10(3)8-13(11)21-15/h6-7,9-10H,4-5,8H2,1-3H3,(H,16,17,20). The minimum atomic E-state index is -0.187. The van der Waals surface area contributed by atoms with E-state index in [2.05, 4.69) is 22.3 Å². The Balaban J connectivity index is 1.72. The summed E-state index contributed by atoms with van der Waals surface area (Å²) in [6, 6.07) is 1.99. The second-order valence-electron chi connectivity index (χ2n) is 5.97. The van der Waals surface area contributed by atoms with Crippen molar-refractivity contribution in [1.29, 1.82) is 0 Å². The van der Waals surface area contributed by atoms with Gasteiger partial charge in [-0.15, -0.1) is 11.3 Å². The molecule has 0 fully saturated rings. The van der Waals surface area contributed by atoms with Crippen LogP contribution in [0.25, 0.3) is 0 Å². The van der Waals surface area contributed by atoms with Gasteiger partial charge in [0.2, 0.25) is 0 Å². The lowest BCUT2D eigenvalue weighted by Gasteiger charge is -2.15. The van der Waals surface area contributed by atoms with Crippen LogP contribution in [0, 0.1) is 5.92 Å². The molecule has 112 valence electrons. The van der Waals surface area contributed by atoms with Gasteiger partial charge in [-0.3, -0.25) is 14.8 Å². The van der Waals surface area contributed by atoms with Crippen molar-refractivity contribution < 1.29 is 4.79 Å². The van der Waals surface area contributed by atoms with Gasteiger partial charge in [0.15, 0.2) is 10.8 Å². The monoisotopic (exact) mass is 304 g/mol. The van der Waals surface area contributed by atoms with Gasteiger partial charge >= 0.3 is 0 Å². The Morgan fingerprint density at radius 1 is 1.52 bits per heavy atom. The summed E-state index contributed by atoms with van der Waals surface area (Å²) in [5.74, 6) is 0.525. The number of carbonyl (C=O) groups excluding carboxylic acids is 1. The van der Waals surface area contributed by atoms with Crippen LogP contribution in [0.2, 0.25) is 0 Å². The first-order valence-electron chi connectivity index (χ1n) is 7.38. The molecule has 0 bridgehead atoms. The highest BCUT2D eigenvalue weighted by Crippen LogP contribution is 2.32. The number of hydrogen-bond acceptors (Lipinski definition) is 4. The van der Waals surface area contributed by atoms with Crippen molar-refractivity contribution in [1.82, 2.24) is 14.8 Å². The van der Waals surface area contributed by atoms with Gasteiger partial charge in [0.25, 0.3) is 5.91 Å². The van der Waals surface area contributed by atoms with Gasteiger partial charge in [-0.05, 0) is 45.1 Å². The van der Waals surface area contributed by atoms with Crippen molar-refractivity contribution in [3.05, 3.63) is 28.5 Å². The zero-order valence-electron chi connectivity index (χ0n) is 12.6. The van der Waals surface area contributed by atoms with Crippen molar-refractivity contribution in [2.24, 2.45) is 5.92 Å². The molecule has 1 N–H and O–H groups in total. The molecule has 1 aliphatic rings. The molecule has 0 saturated heterocycles. The van der Waals surface area contributed by atoms with Crippen LogP contribution in [0.5, 0.6) is 0 Å². The van der Waals surface area contributed by atoms with E-state index in [1.54, 1.807) is 22.1 Å². The first kappa shape index (κ1) is 14.3. The normalized spacial score (nSPS) is 17.8. The van der Waals surface area contributed by atoms with Gasteiger partial charge in [0, 0.05) is 17.1 Å². The van der Waals surface area contributed by atoms with Crippen molar-refractivity contribution in [3.8, 4) is 0 Å². The predicted molar refractivity (Wildman–Crippen MR) is 83.9 cm³/mol. The van der Waals surface area contributed by atoms with Crippen LogP contribution in [0.15, 0.2) is 12.3 Å². The quantitative estimate of drug-likeness (QED) is 0.946. The first-order chi connectivity index (χ1) is 10.0. The van der Waals surface area contributed by atoms with Gasteiger partial charge in [-0.1, -0.05) is 6.92 Å². The molecule has 6 heteroatoms. The summed E-state index contributed by atoms with van der Waals surface area (Å²) in [6.07, 6.45) is 5.10. The summed E-state index contributed by atoms with van der Waals surface area (Å²) >= 11 is 1.60. The molecule has 0 aromatic carbocycles. The lowest BCUT2D eigenvalue weighted by atomic mass is 9.93. The minimum absolute atomic E-state index is 0.187. The molecule has 1 amide bonds. The van der Waals surface area contributed by atoms with Gasteiger partial charge < -0.3 is 0 Å². The lowest BCUT2D eigenvalue weighted by Crippen LogP contribution is -2.13.